The Morgan fingerprint density at radius 3 is 0.986 bits per heavy atom. The fourth-order valence-corrected chi connectivity index (χ4v) is 10.2. The third-order valence-electron chi connectivity index (χ3n) is 15.2. The molecule has 0 aromatic rings. The van der Waals surface area contributed by atoms with Crippen molar-refractivity contribution >= 4 is 11.9 Å². The molecule has 0 aromatic carbocycles. The zero-order valence-electron chi connectivity index (χ0n) is 48.7. The highest BCUT2D eigenvalue weighted by Crippen LogP contribution is 2.18. The molecule has 0 aliphatic rings. The van der Waals surface area contributed by atoms with E-state index in [1.807, 2.05) is 6.08 Å². The van der Waals surface area contributed by atoms with Crippen LogP contribution in [-0.2, 0) is 14.3 Å². The van der Waals surface area contributed by atoms with Crippen molar-refractivity contribution < 1.29 is 24.5 Å². The van der Waals surface area contributed by atoms with E-state index < -0.39 is 12.1 Å². The zero-order chi connectivity index (χ0) is 52.2. The normalized spacial score (nSPS) is 12.7. The minimum Gasteiger partial charge on any atom is -0.466 e. The number of carbonyl (C=O) groups is 2. The predicted molar refractivity (Wildman–Crippen MR) is 315 cm³/mol. The van der Waals surface area contributed by atoms with E-state index in [9.17, 15) is 19.8 Å². The molecule has 0 saturated heterocycles. The molecular formula is C66H127NO5. The van der Waals surface area contributed by atoms with Crippen LogP contribution >= 0.6 is 0 Å². The molecule has 0 aliphatic heterocycles. The number of aliphatic hydroxyl groups is 2. The lowest BCUT2D eigenvalue weighted by Gasteiger charge is -2.20. The summed E-state index contributed by atoms with van der Waals surface area (Å²) in [6.45, 7) is 4.92. The van der Waals surface area contributed by atoms with Gasteiger partial charge >= 0.3 is 5.97 Å². The molecule has 426 valence electrons. The molecule has 0 rings (SSSR count). The number of allylic oxidation sites excluding steroid dienone is 3. The number of esters is 1. The van der Waals surface area contributed by atoms with Crippen molar-refractivity contribution in [1.82, 2.24) is 5.32 Å². The third-order valence-corrected chi connectivity index (χ3v) is 15.2. The van der Waals surface area contributed by atoms with Crippen LogP contribution in [0.15, 0.2) is 24.3 Å². The standard InChI is InChI=1S/C66H127NO5/c1-3-5-7-9-11-13-15-17-19-21-23-24-25-26-30-34-38-42-46-50-54-58-64(69)63(62-68)67-65(70)59-55-51-47-43-39-35-31-28-29-33-37-41-45-49-53-57-61-72-66(71)60-56-52-48-44-40-36-32-27-22-20-18-16-14-12-10-8-6-4-2/h20,22,54,58,63-64,68-69H,3-19,21,23-53,55-57,59-62H2,1-2H3,(H,67,70)/b22-20-,58-54+. The topological polar surface area (TPSA) is 95.9 Å². The minimum absolute atomic E-state index is 0.000112. The Labute approximate surface area is 450 Å². The van der Waals surface area contributed by atoms with Crippen molar-refractivity contribution in [2.75, 3.05) is 13.2 Å². The summed E-state index contributed by atoms with van der Waals surface area (Å²) in [5.74, 6) is -0.0712. The second kappa shape index (κ2) is 61.9. The van der Waals surface area contributed by atoms with E-state index in [4.69, 9.17) is 4.74 Å². The molecule has 1 amide bonds. The maximum Gasteiger partial charge on any atom is 0.305 e. The van der Waals surface area contributed by atoms with Gasteiger partial charge in [-0.15, -0.1) is 0 Å². The van der Waals surface area contributed by atoms with Crippen molar-refractivity contribution in [2.24, 2.45) is 0 Å². The van der Waals surface area contributed by atoms with Gasteiger partial charge < -0.3 is 20.3 Å². The van der Waals surface area contributed by atoms with Crippen LogP contribution < -0.4 is 5.32 Å². The number of amides is 1. The Kier molecular flexibility index (Phi) is 60.5. The molecule has 0 spiro atoms. The van der Waals surface area contributed by atoms with Gasteiger partial charge in [-0.25, -0.2) is 0 Å². The Balaban J connectivity index is 3.44. The van der Waals surface area contributed by atoms with Gasteiger partial charge in [0.15, 0.2) is 0 Å². The summed E-state index contributed by atoms with van der Waals surface area (Å²) in [6.07, 6.45) is 76.5. The summed E-state index contributed by atoms with van der Waals surface area (Å²) < 4.78 is 5.49. The summed E-state index contributed by atoms with van der Waals surface area (Å²) in [7, 11) is 0. The van der Waals surface area contributed by atoms with Crippen LogP contribution in [0.25, 0.3) is 0 Å². The highest BCUT2D eigenvalue weighted by Gasteiger charge is 2.18. The molecule has 0 aromatic heterocycles. The van der Waals surface area contributed by atoms with Crippen molar-refractivity contribution in [1.29, 1.82) is 0 Å². The van der Waals surface area contributed by atoms with E-state index >= 15 is 0 Å². The Hall–Kier alpha value is -1.66. The highest BCUT2D eigenvalue weighted by atomic mass is 16.5. The number of rotatable bonds is 61. The van der Waals surface area contributed by atoms with E-state index in [1.54, 1.807) is 6.08 Å². The average Bonchev–Trinajstić information content (AvgIpc) is 3.38. The Morgan fingerprint density at radius 1 is 0.375 bits per heavy atom. The van der Waals surface area contributed by atoms with Gasteiger partial charge in [-0.2, -0.15) is 0 Å². The van der Waals surface area contributed by atoms with Gasteiger partial charge in [0.2, 0.25) is 5.91 Å². The Bertz CT molecular complexity index is 1120. The van der Waals surface area contributed by atoms with Gasteiger partial charge in [-0.05, 0) is 57.8 Å². The van der Waals surface area contributed by atoms with E-state index in [2.05, 4.69) is 31.3 Å². The van der Waals surface area contributed by atoms with Crippen molar-refractivity contribution in [2.45, 2.75) is 373 Å². The number of unbranched alkanes of at least 4 members (excludes halogenated alkanes) is 48. The highest BCUT2D eigenvalue weighted by molar-refractivity contribution is 5.76. The first-order valence-corrected chi connectivity index (χ1v) is 32.6. The lowest BCUT2D eigenvalue weighted by atomic mass is 10.0. The summed E-state index contributed by atoms with van der Waals surface area (Å²) in [5.41, 5.74) is 0. The Morgan fingerprint density at radius 2 is 0.653 bits per heavy atom. The molecule has 72 heavy (non-hydrogen) atoms. The summed E-state index contributed by atoms with van der Waals surface area (Å²) in [4.78, 5) is 24.6. The van der Waals surface area contributed by atoms with E-state index in [0.717, 1.165) is 44.9 Å². The fourth-order valence-electron chi connectivity index (χ4n) is 10.2. The summed E-state index contributed by atoms with van der Waals surface area (Å²) in [5, 5.41) is 23.2. The van der Waals surface area contributed by atoms with Crippen LogP contribution in [0.4, 0.5) is 0 Å². The molecule has 0 heterocycles. The van der Waals surface area contributed by atoms with Crippen LogP contribution in [0, 0.1) is 0 Å². The molecule has 0 radical (unpaired) electrons. The predicted octanol–water partition coefficient (Wildman–Crippen LogP) is 20.6. The minimum atomic E-state index is -0.850. The van der Waals surface area contributed by atoms with E-state index in [1.165, 1.54) is 289 Å². The largest absolute Gasteiger partial charge is 0.466 e. The molecule has 0 bridgehead atoms. The van der Waals surface area contributed by atoms with Crippen LogP contribution in [0.3, 0.4) is 0 Å². The second-order valence-electron chi connectivity index (χ2n) is 22.5. The SMILES string of the molecule is CCCCCCCCC/C=C\CCCCCCCCCC(=O)OCCCCCCCCCCCCCCCCCCC(=O)NC(CO)C(O)/C=C/CCCCCCCCCCCCCCCCCCCCC. The van der Waals surface area contributed by atoms with Gasteiger partial charge in [0.05, 0.1) is 25.4 Å². The molecule has 0 fully saturated rings. The van der Waals surface area contributed by atoms with Crippen molar-refractivity contribution in [3.05, 3.63) is 24.3 Å². The molecule has 6 nitrogen and oxygen atoms in total. The molecule has 0 aliphatic carbocycles. The quantitative estimate of drug-likeness (QED) is 0.0320. The monoisotopic (exact) mass is 1010 g/mol. The summed E-state index contributed by atoms with van der Waals surface area (Å²) >= 11 is 0. The number of hydrogen-bond acceptors (Lipinski definition) is 5. The van der Waals surface area contributed by atoms with E-state index in [-0.39, 0.29) is 18.5 Å². The number of nitrogens with one attached hydrogen (secondary N) is 1. The molecule has 6 heteroatoms. The lowest BCUT2D eigenvalue weighted by Crippen LogP contribution is -2.45. The first-order valence-electron chi connectivity index (χ1n) is 32.6. The van der Waals surface area contributed by atoms with Gasteiger partial charge in [0.1, 0.15) is 0 Å². The van der Waals surface area contributed by atoms with Crippen LogP contribution in [0.1, 0.15) is 361 Å². The third kappa shape index (κ3) is 57.6. The van der Waals surface area contributed by atoms with Gasteiger partial charge in [0.25, 0.3) is 0 Å². The molecule has 2 atom stereocenters. The molecule has 3 N–H and O–H groups in total. The van der Waals surface area contributed by atoms with Crippen LogP contribution in [0.5, 0.6) is 0 Å². The molecule has 0 saturated carbocycles. The van der Waals surface area contributed by atoms with E-state index in [0.29, 0.717) is 19.4 Å². The first-order chi connectivity index (χ1) is 35.5. The number of ether oxygens (including phenoxy) is 1. The number of carbonyl (C=O) groups excluding carboxylic acids is 2. The molecular weight excluding hydrogens is 887 g/mol. The fraction of sp³-hybridized carbons (Fsp3) is 0.909. The maximum atomic E-state index is 12.5. The zero-order valence-corrected chi connectivity index (χ0v) is 48.7. The second-order valence-corrected chi connectivity index (χ2v) is 22.5. The van der Waals surface area contributed by atoms with Crippen LogP contribution in [0.2, 0.25) is 0 Å². The number of aliphatic hydroxyl groups excluding tert-OH is 2. The average molecular weight is 1010 g/mol. The van der Waals surface area contributed by atoms with Gasteiger partial charge in [0, 0.05) is 12.8 Å². The van der Waals surface area contributed by atoms with Crippen molar-refractivity contribution in [3.8, 4) is 0 Å². The van der Waals surface area contributed by atoms with Gasteiger partial charge in [-0.1, -0.05) is 314 Å². The summed E-state index contributed by atoms with van der Waals surface area (Å²) in [6, 6.07) is -0.634. The van der Waals surface area contributed by atoms with Gasteiger partial charge in [-0.3, -0.25) is 9.59 Å². The first kappa shape index (κ1) is 70.3. The number of hydrogen-bond donors (Lipinski definition) is 3. The lowest BCUT2D eigenvalue weighted by molar-refractivity contribution is -0.143. The maximum absolute atomic E-state index is 12.5. The van der Waals surface area contributed by atoms with Crippen LogP contribution in [-0.4, -0.2) is 47.4 Å². The van der Waals surface area contributed by atoms with Crippen molar-refractivity contribution in [3.63, 3.8) is 0 Å². The molecule has 2 unspecified atom stereocenters. The smallest absolute Gasteiger partial charge is 0.305 e.